The number of allylic oxidation sites excluding steroid dienone is 4. The number of carbonyl (C=O) groups excluding carboxylic acids is 2. The molecule has 3 saturated heterocycles. The van der Waals surface area contributed by atoms with Gasteiger partial charge in [-0.05, 0) is 198 Å². The van der Waals surface area contributed by atoms with Crippen LogP contribution in [0, 0.1) is 80.3 Å². The van der Waals surface area contributed by atoms with Gasteiger partial charge in [-0.15, -0.1) is 0 Å². The van der Waals surface area contributed by atoms with E-state index in [9.17, 15) is 5.11 Å². The van der Waals surface area contributed by atoms with Gasteiger partial charge in [0.25, 0.3) is 0 Å². The minimum absolute atomic E-state index is 0.119. The highest BCUT2D eigenvalue weighted by molar-refractivity contribution is 6.00. The lowest BCUT2D eigenvalue weighted by Crippen LogP contribution is -2.78. The number of rotatable bonds is 5. The number of hydrogen-bond donors (Lipinski definition) is 2. The number of carbonyl (C=O) groups is 2. The van der Waals surface area contributed by atoms with E-state index in [1.54, 1.807) is 22.4 Å². The summed E-state index contributed by atoms with van der Waals surface area (Å²) in [5.74, 6) is 3.84. The molecule has 0 aromatic heterocycles. The fourth-order valence-corrected chi connectivity index (χ4v) is 24.8. The molecule has 8 heteroatoms. The third-order valence-corrected chi connectivity index (χ3v) is 27.0. The van der Waals surface area contributed by atoms with E-state index in [2.05, 4.69) is 41.0 Å². The monoisotopic (exact) mass is 986 g/mol. The zero-order chi connectivity index (χ0) is 48.6. The van der Waals surface area contributed by atoms with E-state index in [1.165, 1.54) is 128 Å². The van der Waals surface area contributed by atoms with Gasteiger partial charge in [-0.25, -0.2) is 4.79 Å². The number of esters is 2. The van der Waals surface area contributed by atoms with Gasteiger partial charge in [0.05, 0.1) is 11.0 Å². The van der Waals surface area contributed by atoms with Crippen molar-refractivity contribution in [3.63, 3.8) is 0 Å². The van der Waals surface area contributed by atoms with Crippen molar-refractivity contribution in [3.05, 3.63) is 80.5 Å². The molecule has 14 atom stereocenters. The van der Waals surface area contributed by atoms with Crippen molar-refractivity contribution >= 4 is 11.9 Å². The molecule has 14 unspecified atom stereocenters. The van der Waals surface area contributed by atoms with Crippen LogP contribution in [0.15, 0.2) is 63.8 Å². The van der Waals surface area contributed by atoms with Crippen LogP contribution in [-0.4, -0.2) is 65.1 Å². The Morgan fingerprint density at radius 2 is 1.60 bits per heavy atom. The summed E-state index contributed by atoms with van der Waals surface area (Å²) in [5, 5.41) is 14.0. The van der Waals surface area contributed by atoms with E-state index in [0.29, 0.717) is 101 Å². The molecular formula is C65H83N3O5. The molecule has 10 aliphatic carbocycles. The molecule has 1 aromatic carbocycles. The third-order valence-electron chi connectivity index (χ3n) is 27.0. The summed E-state index contributed by atoms with van der Waals surface area (Å²) in [5.41, 5.74) is 14.8. The molecule has 388 valence electrons. The second-order valence-corrected chi connectivity index (χ2v) is 28.9. The van der Waals surface area contributed by atoms with Gasteiger partial charge in [0.15, 0.2) is 11.4 Å². The van der Waals surface area contributed by atoms with Crippen LogP contribution in [0.3, 0.4) is 0 Å². The summed E-state index contributed by atoms with van der Waals surface area (Å²) < 4.78 is 14.8. The largest absolute Gasteiger partial charge is 0.509 e. The second kappa shape index (κ2) is 15.0. The molecule has 6 spiro atoms. The van der Waals surface area contributed by atoms with Crippen LogP contribution in [0.5, 0.6) is 0 Å². The Bertz CT molecular complexity index is 2740. The minimum Gasteiger partial charge on any atom is -0.509 e. The van der Waals surface area contributed by atoms with Crippen LogP contribution in [0.1, 0.15) is 195 Å². The predicted molar refractivity (Wildman–Crippen MR) is 279 cm³/mol. The average molecular weight is 986 g/mol. The summed E-state index contributed by atoms with van der Waals surface area (Å²) in [6.45, 7) is 6.57. The Morgan fingerprint density at radius 1 is 0.808 bits per heavy atom. The molecular weight excluding hydrogens is 903 g/mol. The highest BCUT2D eigenvalue weighted by atomic mass is 16.6. The molecule has 20 rings (SSSR count). The lowest BCUT2D eigenvalue weighted by atomic mass is 9.26. The predicted octanol–water partition coefficient (Wildman–Crippen LogP) is 12.5. The molecule has 3 N–H and O–H groups in total. The highest BCUT2D eigenvalue weighted by Gasteiger charge is 2.94. The summed E-state index contributed by atoms with van der Waals surface area (Å²) in [4.78, 5) is 38.2. The molecule has 8 nitrogen and oxygen atoms in total. The fraction of sp³-hybridized carbons (Fsp3) is 0.754. The van der Waals surface area contributed by atoms with Crippen molar-refractivity contribution in [3.8, 4) is 0 Å². The van der Waals surface area contributed by atoms with Gasteiger partial charge >= 0.3 is 11.9 Å². The van der Waals surface area contributed by atoms with E-state index in [-0.39, 0.29) is 35.2 Å². The van der Waals surface area contributed by atoms with Crippen LogP contribution in [-0.2, 0) is 26.3 Å². The van der Waals surface area contributed by atoms with Gasteiger partial charge in [-0.3, -0.25) is 9.69 Å². The van der Waals surface area contributed by atoms with Crippen molar-refractivity contribution in [1.29, 1.82) is 0 Å². The second-order valence-electron chi connectivity index (χ2n) is 28.9. The quantitative estimate of drug-likeness (QED) is 0.222. The molecule has 14 bridgehead atoms. The standard InChI is InChI=1S/C65H83N3O5/c1-37-26-42-15-16-49-44-27-38-34-67(36-44)50(45-31-60(19-4-5-20-60)61(32-45)21-6-7-22-61)30-51(69)57-63-24-18-46-54-47-33-62(37,55(46)56(42)68(49)35-38)23-17-41(47)28-43(39-10-2-3-11-39)29-52(64(54,63)59(71)72-57)65(63)48-14-8-12-40(13-9-25-66)53(48)58(70)73-65/h8,12,14,28,37-39,43-45,47,49-50,52,55,69H,2-7,9-11,13,15-27,29-36,66H2,1H3. The lowest BCUT2D eigenvalue weighted by Gasteiger charge is -2.74. The van der Waals surface area contributed by atoms with Crippen molar-refractivity contribution in [1.82, 2.24) is 9.80 Å². The summed E-state index contributed by atoms with van der Waals surface area (Å²) >= 11 is 0. The van der Waals surface area contributed by atoms with Gasteiger partial charge in [-0.1, -0.05) is 86.4 Å². The first-order valence-electron chi connectivity index (χ1n) is 31.0. The van der Waals surface area contributed by atoms with Gasteiger partial charge < -0.3 is 25.2 Å². The van der Waals surface area contributed by atoms with Gasteiger partial charge in [0.2, 0.25) is 0 Å². The van der Waals surface area contributed by atoms with Crippen LogP contribution < -0.4 is 5.73 Å². The molecule has 9 aliphatic heterocycles. The maximum absolute atomic E-state index is 16.7. The van der Waals surface area contributed by atoms with Gasteiger partial charge in [0.1, 0.15) is 11.2 Å². The first kappa shape index (κ1) is 44.7. The minimum atomic E-state index is -1.13. The number of aliphatic hydroxyl groups excluding tert-OH is 1. The number of hydrogen-bond acceptors (Lipinski definition) is 8. The smallest absolute Gasteiger partial charge is 0.339 e. The van der Waals surface area contributed by atoms with Crippen LogP contribution >= 0.6 is 0 Å². The van der Waals surface area contributed by atoms with Crippen LogP contribution in [0.2, 0.25) is 0 Å². The Hall–Kier alpha value is -3.36. The number of ether oxygens (including phenoxy) is 2. The van der Waals surface area contributed by atoms with Gasteiger partial charge in [0, 0.05) is 67.2 Å². The molecule has 0 amide bonds. The number of fused-ring (bicyclic) bond motifs is 4. The van der Waals surface area contributed by atoms with E-state index in [4.69, 9.17) is 15.2 Å². The molecule has 73 heavy (non-hydrogen) atoms. The molecule has 9 heterocycles. The van der Waals surface area contributed by atoms with Crippen molar-refractivity contribution in [2.24, 2.45) is 86.1 Å². The molecule has 19 aliphatic rings. The molecule has 1 aromatic rings. The van der Waals surface area contributed by atoms with E-state index in [0.717, 1.165) is 62.9 Å². The Balaban J connectivity index is 0.945. The van der Waals surface area contributed by atoms with E-state index < -0.39 is 16.4 Å². The topological polar surface area (TPSA) is 105 Å². The number of aryl methyl sites for hydroxylation is 1. The van der Waals surface area contributed by atoms with Crippen molar-refractivity contribution in [2.75, 3.05) is 26.2 Å². The zero-order valence-corrected chi connectivity index (χ0v) is 44.1. The molecule has 9 fully saturated rings. The number of nitrogens with two attached hydrogens (primary N) is 1. The van der Waals surface area contributed by atoms with Gasteiger partial charge in [-0.2, -0.15) is 0 Å². The SMILES string of the molecule is CC1CC2=C3C4C5=C6C7CC14CCC7=CC(C1CCCC1)CC1C64C(=O)OC(=C(O)CC(C6CC7(CCCC7)C7(CCCC7)C6)N6CC7CC(C6)C(CC2)N3C7)C4(CC5)C12OC(=O)c1c(CCCN)cccc12. The number of piperidine rings is 2. The normalized spacial score (nSPS) is 45.9. The van der Waals surface area contributed by atoms with Crippen molar-refractivity contribution in [2.45, 2.75) is 198 Å². The Labute approximate surface area is 434 Å². The average Bonchev–Trinajstić information content (AvgIpc) is 4.29. The highest BCUT2D eigenvalue weighted by Crippen LogP contribution is 2.89. The van der Waals surface area contributed by atoms with E-state index >= 15 is 9.59 Å². The van der Waals surface area contributed by atoms with E-state index in [1.807, 2.05) is 0 Å². The molecule has 0 radical (unpaired) electrons. The summed E-state index contributed by atoms with van der Waals surface area (Å²) in [7, 11) is 0. The maximum Gasteiger partial charge on any atom is 0.339 e. The molecule has 6 saturated carbocycles. The van der Waals surface area contributed by atoms with Crippen LogP contribution in [0.4, 0.5) is 0 Å². The number of nitrogens with zero attached hydrogens (tertiary/aromatic N) is 2. The fourth-order valence-electron chi connectivity index (χ4n) is 24.8. The zero-order valence-electron chi connectivity index (χ0n) is 44.1. The first-order chi connectivity index (χ1) is 35.6. The number of benzene rings is 1. The summed E-state index contributed by atoms with van der Waals surface area (Å²) in [6, 6.07) is 7.25. The number of aliphatic hydroxyl groups is 1. The van der Waals surface area contributed by atoms with Crippen molar-refractivity contribution < 1.29 is 24.2 Å². The summed E-state index contributed by atoms with van der Waals surface area (Å²) in [6.07, 6.45) is 34.2. The van der Waals surface area contributed by atoms with Crippen LogP contribution in [0.25, 0.3) is 0 Å². The Morgan fingerprint density at radius 3 is 2.38 bits per heavy atom. The third kappa shape index (κ3) is 5.14. The lowest BCUT2D eigenvalue weighted by molar-refractivity contribution is -0.283. The Kier molecular flexibility index (Phi) is 9.20. The maximum atomic E-state index is 16.7. The first-order valence-corrected chi connectivity index (χ1v) is 31.0.